The summed E-state index contributed by atoms with van der Waals surface area (Å²) in [6.45, 7) is 0. The first-order chi connectivity index (χ1) is 7.43. The van der Waals surface area contributed by atoms with Crippen molar-refractivity contribution in [3.8, 4) is 0 Å². The maximum Gasteiger partial charge on any atom is 0.416 e. The number of halogens is 3. The Balaban J connectivity index is 2.66. The van der Waals surface area contributed by atoms with E-state index in [2.05, 4.69) is 10.3 Å². The number of aromatic nitrogens is 2. The van der Waals surface area contributed by atoms with Gasteiger partial charge in [0.15, 0.2) is 0 Å². The maximum atomic E-state index is 12.5. The third-order valence-corrected chi connectivity index (χ3v) is 2.43. The first-order valence-corrected chi connectivity index (χ1v) is 4.65. The fourth-order valence-electron chi connectivity index (χ4n) is 1.59. The molecule has 1 N–H and O–H groups in total. The minimum absolute atomic E-state index is 0.458. The zero-order valence-electron chi connectivity index (χ0n) is 8.76. The van der Waals surface area contributed by atoms with Crippen LogP contribution in [0.1, 0.15) is 5.56 Å². The topological polar surface area (TPSA) is 29.9 Å². The lowest BCUT2D eigenvalue weighted by molar-refractivity contribution is -0.137. The van der Waals surface area contributed by atoms with Gasteiger partial charge in [0.05, 0.1) is 16.6 Å². The van der Waals surface area contributed by atoms with Crippen LogP contribution < -0.4 is 5.32 Å². The highest BCUT2D eigenvalue weighted by Crippen LogP contribution is 2.31. The quantitative estimate of drug-likeness (QED) is 0.814. The second-order valence-electron chi connectivity index (χ2n) is 3.45. The summed E-state index contributed by atoms with van der Waals surface area (Å²) in [5.74, 6) is 0.536. The van der Waals surface area contributed by atoms with E-state index in [-0.39, 0.29) is 0 Å². The van der Waals surface area contributed by atoms with Gasteiger partial charge in [0, 0.05) is 14.1 Å². The molecule has 16 heavy (non-hydrogen) atoms. The summed E-state index contributed by atoms with van der Waals surface area (Å²) in [5.41, 5.74) is 0.338. The van der Waals surface area contributed by atoms with Gasteiger partial charge in [-0.1, -0.05) is 0 Å². The lowest BCUT2D eigenvalue weighted by Gasteiger charge is -2.06. The van der Waals surface area contributed by atoms with E-state index in [9.17, 15) is 13.2 Å². The summed E-state index contributed by atoms with van der Waals surface area (Å²) in [4.78, 5) is 4.14. The Kier molecular flexibility index (Phi) is 2.29. The van der Waals surface area contributed by atoms with Crippen LogP contribution in [0.3, 0.4) is 0 Å². The van der Waals surface area contributed by atoms with Crippen molar-refractivity contribution in [3.63, 3.8) is 0 Å². The highest BCUT2D eigenvalue weighted by atomic mass is 19.4. The number of nitrogens with one attached hydrogen (secondary N) is 1. The Bertz CT molecular complexity index is 528. The zero-order chi connectivity index (χ0) is 11.9. The third kappa shape index (κ3) is 1.60. The second-order valence-corrected chi connectivity index (χ2v) is 3.45. The van der Waals surface area contributed by atoms with Gasteiger partial charge in [0.2, 0.25) is 5.95 Å². The normalized spacial score (nSPS) is 12.1. The van der Waals surface area contributed by atoms with Gasteiger partial charge in [0.25, 0.3) is 0 Å². The molecular weight excluding hydrogens is 219 g/mol. The molecule has 2 aromatic rings. The molecule has 0 bridgehead atoms. The lowest BCUT2D eigenvalue weighted by Crippen LogP contribution is -2.04. The monoisotopic (exact) mass is 229 g/mol. The number of rotatable bonds is 1. The van der Waals surface area contributed by atoms with Crippen molar-refractivity contribution in [1.29, 1.82) is 0 Å². The summed E-state index contributed by atoms with van der Waals surface area (Å²) >= 11 is 0. The molecule has 1 aromatic heterocycles. The molecule has 0 radical (unpaired) electrons. The smallest absolute Gasteiger partial charge is 0.359 e. The molecule has 6 heteroatoms. The molecule has 3 nitrogen and oxygen atoms in total. The average Bonchev–Trinajstić information content (AvgIpc) is 2.54. The molecule has 0 saturated heterocycles. The molecule has 0 aliphatic carbocycles. The van der Waals surface area contributed by atoms with E-state index >= 15 is 0 Å². The minimum Gasteiger partial charge on any atom is -0.359 e. The number of hydrogen-bond donors (Lipinski definition) is 1. The van der Waals surface area contributed by atoms with Gasteiger partial charge in [-0.3, -0.25) is 0 Å². The first kappa shape index (κ1) is 10.8. The van der Waals surface area contributed by atoms with Gasteiger partial charge >= 0.3 is 6.18 Å². The van der Waals surface area contributed by atoms with E-state index < -0.39 is 11.7 Å². The number of nitrogens with zero attached hydrogens (tertiary/aromatic N) is 2. The predicted octanol–water partition coefficient (Wildman–Crippen LogP) is 2.63. The van der Waals surface area contributed by atoms with Crippen molar-refractivity contribution in [2.75, 3.05) is 12.4 Å². The van der Waals surface area contributed by atoms with Crippen molar-refractivity contribution < 1.29 is 13.2 Å². The van der Waals surface area contributed by atoms with Gasteiger partial charge in [-0.2, -0.15) is 13.2 Å². The highest BCUT2D eigenvalue weighted by molar-refractivity contribution is 5.79. The number of hydrogen-bond acceptors (Lipinski definition) is 2. The molecule has 0 aliphatic heterocycles. The summed E-state index contributed by atoms with van der Waals surface area (Å²) in [6, 6.07) is 3.51. The Morgan fingerprint density at radius 2 is 2.00 bits per heavy atom. The summed E-state index contributed by atoms with van der Waals surface area (Å²) in [7, 11) is 3.34. The Morgan fingerprint density at radius 1 is 1.31 bits per heavy atom. The molecule has 0 unspecified atom stereocenters. The number of benzene rings is 1. The van der Waals surface area contributed by atoms with Crippen LogP contribution in [0, 0.1) is 0 Å². The summed E-state index contributed by atoms with van der Waals surface area (Å²) in [5, 5.41) is 2.81. The zero-order valence-corrected chi connectivity index (χ0v) is 8.76. The van der Waals surface area contributed by atoms with Crippen molar-refractivity contribution >= 4 is 17.0 Å². The van der Waals surface area contributed by atoms with Crippen LogP contribution in [0.15, 0.2) is 18.2 Å². The lowest BCUT2D eigenvalue weighted by atomic mass is 10.2. The van der Waals surface area contributed by atoms with E-state index in [1.54, 1.807) is 18.7 Å². The van der Waals surface area contributed by atoms with Crippen molar-refractivity contribution in [2.24, 2.45) is 7.05 Å². The van der Waals surface area contributed by atoms with Gasteiger partial charge in [-0.15, -0.1) is 0 Å². The van der Waals surface area contributed by atoms with Crippen LogP contribution >= 0.6 is 0 Å². The summed E-state index contributed by atoms with van der Waals surface area (Å²) in [6.07, 6.45) is -4.32. The molecule has 1 heterocycles. The first-order valence-electron chi connectivity index (χ1n) is 4.65. The average molecular weight is 229 g/mol. The number of alkyl halides is 3. The molecule has 2 rings (SSSR count). The molecule has 86 valence electrons. The second kappa shape index (κ2) is 3.40. The predicted molar refractivity (Wildman–Crippen MR) is 55.3 cm³/mol. The van der Waals surface area contributed by atoms with Crippen LogP contribution in [0.4, 0.5) is 19.1 Å². The fraction of sp³-hybridized carbons (Fsp3) is 0.300. The Hall–Kier alpha value is -1.72. The van der Waals surface area contributed by atoms with E-state index in [4.69, 9.17) is 0 Å². The fourth-order valence-corrected chi connectivity index (χ4v) is 1.59. The molecule has 0 fully saturated rings. The van der Waals surface area contributed by atoms with E-state index in [0.29, 0.717) is 17.0 Å². The molecule has 1 aromatic carbocycles. The van der Waals surface area contributed by atoms with Crippen molar-refractivity contribution in [2.45, 2.75) is 6.18 Å². The molecule has 0 spiro atoms. The number of fused-ring (bicyclic) bond motifs is 1. The van der Waals surface area contributed by atoms with Crippen LogP contribution in [-0.2, 0) is 13.2 Å². The number of imidazole rings is 1. The highest BCUT2D eigenvalue weighted by Gasteiger charge is 2.30. The van der Waals surface area contributed by atoms with Crippen molar-refractivity contribution in [1.82, 2.24) is 9.55 Å². The van der Waals surface area contributed by atoms with Crippen LogP contribution in [0.25, 0.3) is 11.0 Å². The molecule has 0 saturated carbocycles. The molecular formula is C10H10F3N3. The third-order valence-electron chi connectivity index (χ3n) is 2.43. The SMILES string of the molecule is CNc1nc2ccc(C(F)(F)F)cc2n1C. The number of anilines is 1. The van der Waals surface area contributed by atoms with Crippen molar-refractivity contribution in [3.05, 3.63) is 23.8 Å². The minimum atomic E-state index is -4.32. The maximum absolute atomic E-state index is 12.5. The summed E-state index contributed by atoms with van der Waals surface area (Å²) < 4.78 is 39.1. The van der Waals surface area contributed by atoms with Gasteiger partial charge in [-0.25, -0.2) is 4.98 Å². The number of aryl methyl sites for hydroxylation is 1. The standard InChI is InChI=1S/C10H10F3N3/c1-14-9-15-7-4-3-6(10(11,12)13)5-8(7)16(9)2/h3-5H,1-2H3,(H,14,15). The Labute approximate surface area is 89.9 Å². The van der Waals surface area contributed by atoms with Gasteiger partial charge < -0.3 is 9.88 Å². The van der Waals surface area contributed by atoms with E-state index in [1.807, 2.05) is 0 Å². The Morgan fingerprint density at radius 3 is 2.56 bits per heavy atom. The van der Waals surface area contributed by atoms with Crippen LogP contribution in [0.2, 0.25) is 0 Å². The van der Waals surface area contributed by atoms with Crippen LogP contribution in [-0.4, -0.2) is 16.6 Å². The molecule has 0 amide bonds. The molecule has 0 atom stereocenters. The van der Waals surface area contributed by atoms with E-state index in [1.165, 1.54) is 6.07 Å². The van der Waals surface area contributed by atoms with Gasteiger partial charge in [-0.05, 0) is 18.2 Å². The molecule has 0 aliphatic rings. The van der Waals surface area contributed by atoms with Crippen LogP contribution in [0.5, 0.6) is 0 Å². The van der Waals surface area contributed by atoms with E-state index in [0.717, 1.165) is 12.1 Å². The van der Waals surface area contributed by atoms with Gasteiger partial charge in [0.1, 0.15) is 0 Å². The largest absolute Gasteiger partial charge is 0.416 e.